The highest BCUT2D eigenvalue weighted by atomic mass is 16.5. The highest BCUT2D eigenvalue weighted by Gasteiger charge is 2.21. The third-order valence-electron chi connectivity index (χ3n) is 7.39. The maximum Gasteiger partial charge on any atom is 0.119 e. The summed E-state index contributed by atoms with van der Waals surface area (Å²) in [4.78, 5) is 0. The standard InChI is InChI=1S/C30H44O/c1-3-5-9-26-12-14-27(15-13-26)10-6-7-11-28-16-18-29(19-17-28)24-31-30-22-20-25(8-4-2)21-23-30/h6,10,20-23,26-29H,3-5,8-9,12-19,24H2,1-2H3/b10-6+/t26-,27-,28-,29-. The van der Waals surface area contributed by atoms with Gasteiger partial charge < -0.3 is 4.74 Å². The minimum Gasteiger partial charge on any atom is -0.493 e. The van der Waals surface area contributed by atoms with Crippen molar-refractivity contribution in [2.24, 2.45) is 23.7 Å². The van der Waals surface area contributed by atoms with Crippen LogP contribution in [0.2, 0.25) is 0 Å². The molecule has 31 heavy (non-hydrogen) atoms. The molecule has 0 radical (unpaired) electrons. The Kier molecular flexibility index (Phi) is 10.6. The smallest absolute Gasteiger partial charge is 0.119 e. The van der Waals surface area contributed by atoms with Gasteiger partial charge in [0.15, 0.2) is 0 Å². The first-order valence-corrected chi connectivity index (χ1v) is 13.2. The second-order valence-electron chi connectivity index (χ2n) is 9.99. The average molecular weight is 421 g/mol. The van der Waals surface area contributed by atoms with Gasteiger partial charge in [-0.3, -0.25) is 0 Å². The second-order valence-corrected chi connectivity index (χ2v) is 9.99. The number of hydrogen-bond acceptors (Lipinski definition) is 1. The molecule has 1 aromatic carbocycles. The first kappa shape index (κ1) is 24.0. The fourth-order valence-electron chi connectivity index (χ4n) is 5.24. The van der Waals surface area contributed by atoms with Gasteiger partial charge >= 0.3 is 0 Å². The van der Waals surface area contributed by atoms with Gasteiger partial charge in [0.2, 0.25) is 0 Å². The number of hydrogen-bond donors (Lipinski definition) is 0. The molecule has 0 spiro atoms. The zero-order valence-corrected chi connectivity index (χ0v) is 20.1. The van der Waals surface area contributed by atoms with Gasteiger partial charge in [-0.25, -0.2) is 0 Å². The lowest BCUT2D eigenvalue weighted by Gasteiger charge is -2.26. The molecule has 0 bridgehead atoms. The molecule has 0 amide bonds. The Labute approximate surface area is 192 Å². The number of aryl methyl sites for hydroxylation is 1. The largest absolute Gasteiger partial charge is 0.493 e. The van der Waals surface area contributed by atoms with E-state index in [9.17, 15) is 0 Å². The Hall–Kier alpha value is -1.68. The number of allylic oxidation sites excluding steroid dienone is 2. The van der Waals surface area contributed by atoms with Crippen molar-refractivity contribution >= 4 is 0 Å². The van der Waals surface area contributed by atoms with Gasteiger partial charge in [-0.1, -0.05) is 69.6 Å². The normalized spacial score (nSPS) is 26.4. The maximum absolute atomic E-state index is 6.06. The molecule has 0 heterocycles. The van der Waals surface area contributed by atoms with Crippen molar-refractivity contribution in [1.29, 1.82) is 0 Å². The van der Waals surface area contributed by atoms with Crippen molar-refractivity contribution in [3.8, 4) is 17.6 Å². The van der Waals surface area contributed by atoms with Crippen LogP contribution in [0.25, 0.3) is 0 Å². The fourth-order valence-corrected chi connectivity index (χ4v) is 5.24. The van der Waals surface area contributed by atoms with Gasteiger partial charge in [-0.15, -0.1) is 0 Å². The van der Waals surface area contributed by atoms with Crippen LogP contribution in [0.3, 0.4) is 0 Å². The first-order valence-electron chi connectivity index (χ1n) is 13.2. The molecule has 1 aromatic rings. The number of rotatable bonds is 9. The van der Waals surface area contributed by atoms with Crippen LogP contribution in [0.4, 0.5) is 0 Å². The molecule has 1 heteroatoms. The van der Waals surface area contributed by atoms with E-state index in [-0.39, 0.29) is 0 Å². The van der Waals surface area contributed by atoms with Crippen LogP contribution in [0.5, 0.6) is 5.75 Å². The van der Waals surface area contributed by atoms with Crippen molar-refractivity contribution in [2.75, 3.05) is 6.61 Å². The van der Waals surface area contributed by atoms with Crippen LogP contribution in [0, 0.1) is 35.5 Å². The summed E-state index contributed by atoms with van der Waals surface area (Å²) >= 11 is 0. The Morgan fingerprint density at radius 2 is 1.58 bits per heavy atom. The highest BCUT2D eigenvalue weighted by molar-refractivity contribution is 5.27. The summed E-state index contributed by atoms with van der Waals surface area (Å²) in [5.41, 5.74) is 1.41. The van der Waals surface area contributed by atoms with E-state index in [1.807, 2.05) is 0 Å². The third-order valence-corrected chi connectivity index (χ3v) is 7.39. The first-order chi connectivity index (χ1) is 15.3. The summed E-state index contributed by atoms with van der Waals surface area (Å²) in [5.74, 6) is 11.0. The molecule has 1 nitrogen and oxygen atoms in total. The van der Waals surface area contributed by atoms with Gasteiger partial charge in [0.1, 0.15) is 5.75 Å². The van der Waals surface area contributed by atoms with Gasteiger partial charge in [-0.05, 0) is 99.3 Å². The van der Waals surface area contributed by atoms with E-state index in [1.165, 1.54) is 82.6 Å². The fraction of sp³-hybridized carbons (Fsp3) is 0.667. The highest BCUT2D eigenvalue weighted by Crippen LogP contribution is 2.32. The Balaban J connectivity index is 1.30. The van der Waals surface area contributed by atoms with Crippen LogP contribution < -0.4 is 4.74 Å². The van der Waals surface area contributed by atoms with Crippen molar-refractivity contribution in [1.82, 2.24) is 0 Å². The summed E-state index contributed by atoms with van der Waals surface area (Å²) in [5, 5.41) is 0. The molecule has 2 saturated carbocycles. The molecule has 0 atom stereocenters. The number of ether oxygens (including phenoxy) is 1. The lowest BCUT2D eigenvalue weighted by molar-refractivity contribution is 0.196. The molecule has 0 N–H and O–H groups in total. The summed E-state index contributed by atoms with van der Waals surface area (Å²) in [6.07, 6.45) is 21.7. The molecule has 2 fully saturated rings. The van der Waals surface area contributed by atoms with E-state index >= 15 is 0 Å². The van der Waals surface area contributed by atoms with Crippen molar-refractivity contribution in [2.45, 2.75) is 97.3 Å². The monoisotopic (exact) mass is 420 g/mol. The summed E-state index contributed by atoms with van der Waals surface area (Å²) in [6, 6.07) is 8.67. The minimum absolute atomic E-state index is 0.582. The van der Waals surface area contributed by atoms with E-state index in [0.29, 0.717) is 11.8 Å². The van der Waals surface area contributed by atoms with E-state index in [1.54, 1.807) is 0 Å². The van der Waals surface area contributed by atoms with E-state index in [2.05, 4.69) is 62.1 Å². The summed E-state index contributed by atoms with van der Waals surface area (Å²) in [7, 11) is 0. The zero-order chi connectivity index (χ0) is 21.7. The molecule has 0 unspecified atom stereocenters. The van der Waals surface area contributed by atoms with Crippen LogP contribution in [-0.2, 0) is 6.42 Å². The molecule has 2 aliphatic rings. The number of unbranched alkanes of at least 4 members (excludes halogenated alkanes) is 1. The van der Waals surface area contributed by atoms with Crippen LogP contribution in [0.15, 0.2) is 36.4 Å². The molecular weight excluding hydrogens is 376 g/mol. The van der Waals surface area contributed by atoms with E-state index in [4.69, 9.17) is 4.74 Å². The molecule has 0 aliphatic heterocycles. The Morgan fingerprint density at radius 3 is 2.26 bits per heavy atom. The predicted octanol–water partition coefficient (Wildman–Crippen LogP) is 8.38. The van der Waals surface area contributed by atoms with Crippen molar-refractivity contribution < 1.29 is 4.74 Å². The lowest BCUT2D eigenvalue weighted by Crippen LogP contribution is -2.19. The number of benzene rings is 1. The van der Waals surface area contributed by atoms with Gasteiger partial charge in [0.25, 0.3) is 0 Å². The van der Waals surface area contributed by atoms with E-state index < -0.39 is 0 Å². The Bertz CT molecular complexity index is 688. The molecule has 3 rings (SSSR count). The quantitative estimate of drug-likeness (QED) is 0.364. The summed E-state index contributed by atoms with van der Waals surface area (Å²) < 4.78 is 6.06. The Morgan fingerprint density at radius 1 is 0.871 bits per heavy atom. The lowest BCUT2D eigenvalue weighted by atomic mass is 9.80. The minimum atomic E-state index is 0.582. The molecular formula is C30H44O. The molecule has 0 saturated heterocycles. The van der Waals surface area contributed by atoms with Gasteiger partial charge in [0.05, 0.1) is 6.61 Å². The SMILES string of the molecule is CCCC[C@H]1CC[C@H](/C=C/C#C[C@H]2CC[C@H](COc3ccc(CCC)cc3)CC2)CC1. The average Bonchev–Trinajstić information content (AvgIpc) is 2.82. The topological polar surface area (TPSA) is 9.23 Å². The maximum atomic E-state index is 6.06. The molecule has 170 valence electrons. The van der Waals surface area contributed by atoms with Crippen molar-refractivity contribution in [3.05, 3.63) is 42.0 Å². The van der Waals surface area contributed by atoms with Crippen LogP contribution in [0.1, 0.15) is 96.5 Å². The van der Waals surface area contributed by atoms with E-state index in [0.717, 1.165) is 30.6 Å². The van der Waals surface area contributed by atoms with Crippen LogP contribution in [-0.4, -0.2) is 6.61 Å². The predicted molar refractivity (Wildman–Crippen MR) is 133 cm³/mol. The van der Waals surface area contributed by atoms with Gasteiger partial charge in [-0.2, -0.15) is 0 Å². The second kappa shape index (κ2) is 13.7. The van der Waals surface area contributed by atoms with Crippen LogP contribution >= 0.6 is 0 Å². The van der Waals surface area contributed by atoms with Gasteiger partial charge in [0, 0.05) is 5.92 Å². The molecule has 0 aromatic heterocycles. The summed E-state index contributed by atoms with van der Waals surface area (Å²) in [6.45, 7) is 5.39. The molecule has 2 aliphatic carbocycles. The zero-order valence-electron chi connectivity index (χ0n) is 20.1. The third kappa shape index (κ3) is 8.76. The van der Waals surface area contributed by atoms with Crippen molar-refractivity contribution in [3.63, 3.8) is 0 Å².